The first kappa shape index (κ1) is 21.8. The summed E-state index contributed by atoms with van der Waals surface area (Å²) in [6, 6.07) is 7.56. The molecule has 32 heavy (non-hydrogen) atoms. The monoisotopic (exact) mass is 458 g/mol. The predicted octanol–water partition coefficient (Wildman–Crippen LogP) is -0.403. The quantitative estimate of drug-likeness (QED) is 0.477. The van der Waals surface area contributed by atoms with E-state index in [9.17, 15) is 27.6 Å². The van der Waals surface area contributed by atoms with Gasteiger partial charge in [0.2, 0.25) is 11.8 Å². The van der Waals surface area contributed by atoms with Gasteiger partial charge in [-0.05, 0) is 30.9 Å². The summed E-state index contributed by atoms with van der Waals surface area (Å²) in [5.41, 5.74) is 0.899. The Morgan fingerprint density at radius 3 is 2.56 bits per heavy atom. The molecular formula is C21H22N4O6S. The number of benzene rings is 1. The van der Waals surface area contributed by atoms with Crippen molar-refractivity contribution in [3.63, 3.8) is 0 Å². The van der Waals surface area contributed by atoms with Gasteiger partial charge in [-0.3, -0.25) is 19.4 Å². The zero-order chi connectivity index (χ0) is 23.0. The minimum Gasteiger partial charge on any atom is -0.350 e. The first-order chi connectivity index (χ1) is 15.1. The summed E-state index contributed by atoms with van der Waals surface area (Å²) in [6.45, 7) is 1.43. The highest BCUT2D eigenvalue weighted by atomic mass is 32.2. The number of rotatable bonds is 5. The molecule has 0 spiro atoms. The molecule has 2 aliphatic rings. The summed E-state index contributed by atoms with van der Waals surface area (Å²) in [5.74, 6) is -0.983. The number of H-pyrrole nitrogens is 2. The van der Waals surface area contributed by atoms with Crippen molar-refractivity contribution in [3.8, 4) is 0 Å². The summed E-state index contributed by atoms with van der Waals surface area (Å²) in [5, 5.41) is 5.76. The van der Waals surface area contributed by atoms with Gasteiger partial charge < -0.3 is 15.6 Å². The van der Waals surface area contributed by atoms with Crippen LogP contribution in [0.4, 0.5) is 0 Å². The molecule has 10 nitrogen and oxygen atoms in total. The fraction of sp³-hybridized carbons (Fsp3) is 0.333. The van der Waals surface area contributed by atoms with E-state index in [0.29, 0.717) is 6.42 Å². The van der Waals surface area contributed by atoms with Crippen LogP contribution in [0.2, 0.25) is 0 Å². The van der Waals surface area contributed by atoms with Crippen molar-refractivity contribution in [2.45, 2.75) is 38.3 Å². The second kappa shape index (κ2) is 8.23. The first-order valence-corrected chi connectivity index (χ1v) is 11.7. The number of allylic oxidation sites excluding steroid dienone is 1. The smallest absolute Gasteiger partial charge is 0.325 e. The molecule has 1 aromatic heterocycles. The van der Waals surface area contributed by atoms with E-state index in [1.807, 2.05) is 29.2 Å². The highest BCUT2D eigenvalue weighted by molar-refractivity contribution is 7.95. The van der Waals surface area contributed by atoms with Gasteiger partial charge in [-0.25, -0.2) is 13.2 Å². The van der Waals surface area contributed by atoms with Gasteiger partial charge >= 0.3 is 5.69 Å². The molecule has 4 N–H and O–H groups in total. The molecule has 0 bridgehead atoms. The lowest BCUT2D eigenvalue weighted by atomic mass is 10.1. The highest BCUT2D eigenvalue weighted by Crippen LogP contribution is 2.33. The lowest BCUT2D eigenvalue weighted by molar-refractivity contribution is -0.122. The molecule has 2 atom stereocenters. The minimum atomic E-state index is -3.40. The number of carbonyl (C=O) groups excluding carboxylic acids is 2. The van der Waals surface area contributed by atoms with Crippen LogP contribution in [0.3, 0.4) is 0 Å². The molecule has 0 fully saturated rings. The average Bonchev–Trinajstić information content (AvgIpc) is 3.17. The summed E-state index contributed by atoms with van der Waals surface area (Å²) < 4.78 is 24.0. The summed E-state index contributed by atoms with van der Waals surface area (Å²) in [7, 11) is -3.40. The van der Waals surface area contributed by atoms with Gasteiger partial charge in [-0.2, -0.15) is 0 Å². The van der Waals surface area contributed by atoms with Crippen LogP contribution in [0.25, 0.3) is 0 Å². The fourth-order valence-electron chi connectivity index (χ4n) is 4.21. The molecule has 4 rings (SSSR count). The second-order valence-corrected chi connectivity index (χ2v) is 10.2. The van der Waals surface area contributed by atoms with E-state index in [2.05, 4.69) is 15.6 Å². The average molecular weight is 458 g/mol. The van der Waals surface area contributed by atoms with E-state index in [0.717, 1.165) is 17.2 Å². The van der Waals surface area contributed by atoms with E-state index in [4.69, 9.17) is 0 Å². The zero-order valence-electron chi connectivity index (χ0n) is 17.2. The lowest BCUT2D eigenvalue weighted by Crippen LogP contribution is -2.45. The standard InChI is InChI=1S/C21H22N4O6S/c1-11-14(6-7-32(11,30)31)20(28)25-19-15-5-3-2-4-12(15)8-16(19)23-17(26)9-13-10-18(27)24-21(29)22-13/h2-5,10,16,19H,6-9H2,1H3,(H,23,26)(H,25,28)(H2,22,24,27,29)/t16-,19-/m1/s1. The Balaban J connectivity index is 1.54. The van der Waals surface area contributed by atoms with Gasteiger partial charge in [0, 0.05) is 22.2 Å². The van der Waals surface area contributed by atoms with E-state index in [-0.39, 0.29) is 34.8 Å². The Hall–Kier alpha value is -3.47. The van der Waals surface area contributed by atoms with Gasteiger partial charge in [0.05, 0.1) is 24.3 Å². The molecule has 1 aromatic carbocycles. The topological polar surface area (TPSA) is 158 Å². The van der Waals surface area contributed by atoms with Crippen molar-refractivity contribution in [1.29, 1.82) is 0 Å². The summed E-state index contributed by atoms with van der Waals surface area (Å²) >= 11 is 0. The first-order valence-electron chi connectivity index (χ1n) is 10.1. The Labute approximate surface area is 183 Å². The molecule has 11 heteroatoms. The lowest BCUT2D eigenvalue weighted by Gasteiger charge is -2.23. The third-order valence-corrected chi connectivity index (χ3v) is 7.74. The molecule has 0 saturated carbocycles. The van der Waals surface area contributed by atoms with Gasteiger partial charge in [0.15, 0.2) is 9.84 Å². The number of aromatic amines is 2. The van der Waals surface area contributed by atoms with Crippen LogP contribution in [0.15, 0.2) is 50.4 Å². The molecule has 0 unspecified atom stereocenters. The number of nitrogens with one attached hydrogen (secondary N) is 4. The van der Waals surface area contributed by atoms with E-state index in [1.54, 1.807) is 0 Å². The molecular weight excluding hydrogens is 436 g/mol. The van der Waals surface area contributed by atoms with Crippen molar-refractivity contribution in [2.24, 2.45) is 0 Å². The van der Waals surface area contributed by atoms with Crippen LogP contribution in [0, 0.1) is 0 Å². The van der Waals surface area contributed by atoms with Crippen LogP contribution >= 0.6 is 0 Å². The number of hydrogen-bond donors (Lipinski definition) is 4. The number of amides is 2. The SMILES string of the molecule is CC1=C(C(=O)N[C@@H]2c3ccccc3C[C@H]2NC(=O)Cc2cc(=O)[nH]c(=O)[nH]2)CCS1(=O)=O. The maximum Gasteiger partial charge on any atom is 0.325 e. The maximum absolute atomic E-state index is 12.9. The Morgan fingerprint density at radius 1 is 1.12 bits per heavy atom. The molecule has 2 amide bonds. The van der Waals surface area contributed by atoms with E-state index in [1.165, 1.54) is 6.92 Å². The summed E-state index contributed by atoms with van der Waals surface area (Å²) in [4.78, 5) is 52.9. The zero-order valence-corrected chi connectivity index (χ0v) is 18.0. The van der Waals surface area contributed by atoms with E-state index >= 15 is 0 Å². The van der Waals surface area contributed by atoms with Crippen LogP contribution in [0.5, 0.6) is 0 Å². The van der Waals surface area contributed by atoms with Crippen LogP contribution < -0.4 is 21.9 Å². The normalized spacial score (nSPS) is 21.3. The number of fused-ring (bicyclic) bond motifs is 1. The largest absolute Gasteiger partial charge is 0.350 e. The Morgan fingerprint density at radius 2 is 1.88 bits per heavy atom. The Bertz CT molecular complexity index is 1330. The molecule has 0 saturated heterocycles. The van der Waals surface area contributed by atoms with Crippen LogP contribution in [0.1, 0.15) is 36.2 Å². The fourth-order valence-corrected chi connectivity index (χ4v) is 5.56. The number of aromatic nitrogens is 2. The number of sulfone groups is 1. The molecule has 2 heterocycles. The third-order valence-electron chi connectivity index (χ3n) is 5.82. The van der Waals surface area contributed by atoms with Crippen LogP contribution in [-0.4, -0.2) is 42.0 Å². The third kappa shape index (κ3) is 4.28. The minimum absolute atomic E-state index is 0.0834. The van der Waals surface area contributed by atoms with Crippen molar-refractivity contribution < 1.29 is 18.0 Å². The molecule has 0 radical (unpaired) electrons. The molecule has 1 aliphatic carbocycles. The highest BCUT2D eigenvalue weighted by Gasteiger charge is 2.37. The van der Waals surface area contributed by atoms with Gasteiger partial charge in [-0.1, -0.05) is 24.3 Å². The van der Waals surface area contributed by atoms with E-state index < -0.39 is 45.0 Å². The predicted molar refractivity (Wildman–Crippen MR) is 115 cm³/mol. The number of hydrogen-bond acceptors (Lipinski definition) is 6. The number of carbonyl (C=O) groups is 2. The van der Waals surface area contributed by atoms with Crippen LogP contribution in [-0.2, 0) is 32.3 Å². The molecule has 168 valence electrons. The Kier molecular flexibility index (Phi) is 5.59. The second-order valence-electron chi connectivity index (χ2n) is 7.92. The summed E-state index contributed by atoms with van der Waals surface area (Å²) in [6.07, 6.45) is 0.408. The van der Waals surface area contributed by atoms with Gasteiger partial charge in [0.25, 0.3) is 5.56 Å². The van der Waals surface area contributed by atoms with Crippen molar-refractivity contribution in [2.75, 3.05) is 5.75 Å². The van der Waals surface area contributed by atoms with Gasteiger partial charge in [0.1, 0.15) is 0 Å². The molecule has 2 aromatic rings. The van der Waals surface area contributed by atoms with Crippen molar-refractivity contribution >= 4 is 21.7 Å². The van der Waals surface area contributed by atoms with Gasteiger partial charge in [-0.15, -0.1) is 0 Å². The molecule has 1 aliphatic heterocycles. The maximum atomic E-state index is 12.9. The van der Waals surface area contributed by atoms with Crippen molar-refractivity contribution in [1.82, 2.24) is 20.6 Å². The van der Waals surface area contributed by atoms with Crippen molar-refractivity contribution in [3.05, 3.63) is 78.5 Å².